The van der Waals surface area contributed by atoms with Crippen molar-refractivity contribution in [1.82, 2.24) is 25.3 Å². The topological polar surface area (TPSA) is 153 Å². The molecule has 2 heterocycles. The van der Waals surface area contributed by atoms with Gasteiger partial charge < -0.3 is 15.8 Å². The number of nitrogens with one attached hydrogen (secondary N) is 3. The summed E-state index contributed by atoms with van der Waals surface area (Å²) in [5.41, 5.74) is 12.2. The Labute approximate surface area is 173 Å². The van der Waals surface area contributed by atoms with Gasteiger partial charge >= 0.3 is 6.09 Å². The first-order valence-corrected chi connectivity index (χ1v) is 9.16. The van der Waals surface area contributed by atoms with Crippen LogP contribution in [0.3, 0.4) is 0 Å². The highest BCUT2D eigenvalue weighted by molar-refractivity contribution is 5.76. The van der Waals surface area contributed by atoms with Crippen LogP contribution in [0.15, 0.2) is 35.8 Å². The first-order chi connectivity index (χ1) is 14.3. The Balaban J connectivity index is 1.99. The Bertz CT molecular complexity index is 987. The van der Waals surface area contributed by atoms with Crippen molar-refractivity contribution in [2.24, 2.45) is 0 Å². The van der Waals surface area contributed by atoms with Gasteiger partial charge in [0.05, 0.1) is 24.5 Å². The number of hydrogen-bond acceptors (Lipinski definition) is 8. The number of nitrogens with zero attached hydrogens (tertiary/aromatic N) is 3. The summed E-state index contributed by atoms with van der Waals surface area (Å²) in [5.74, 6) is -0.560. The molecule has 2 amide bonds. The molecular formula is C19H25N7O4. The van der Waals surface area contributed by atoms with Gasteiger partial charge in [-0.05, 0) is 32.4 Å². The van der Waals surface area contributed by atoms with Crippen LogP contribution in [0.5, 0.6) is 0 Å². The SMILES string of the molecule is C=CCCOC(=O)NNc1ncc(C)n(CC(=O)NCc2nc(C)ccc2N)c1=O. The molecule has 30 heavy (non-hydrogen) atoms. The Kier molecular flexibility index (Phi) is 7.91. The molecule has 11 heteroatoms. The highest BCUT2D eigenvalue weighted by atomic mass is 16.6. The van der Waals surface area contributed by atoms with Gasteiger partial charge in [-0.15, -0.1) is 6.58 Å². The number of hydrazine groups is 1. The van der Waals surface area contributed by atoms with Crippen LogP contribution in [0.2, 0.25) is 0 Å². The zero-order chi connectivity index (χ0) is 22.1. The lowest BCUT2D eigenvalue weighted by Gasteiger charge is -2.13. The first kappa shape index (κ1) is 22.4. The minimum Gasteiger partial charge on any atom is -0.448 e. The van der Waals surface area contributed by atoms with E-state index in [9.17, 15) is 14.4 Å². The lowest BCUT2D eigenvalue weighted by molar-refractivity contribution is -0.121. The number of ether oxygens (including phenoxy) is 1. The van der Waals surface area contributed by atoms with Gasteiger partial charge in [-0.1, -0.05) is 6.08 Å². The van der Waals surface area contributed by atoms with Crippen molar-refractivity contribution < 1.29 is 14.3 Å². The molecule has 0 aromatic carbocycles. The third-order valence-corrected chi connectivity index (χ3v) is 4.00. The van der Waals surface area contributed by atoms with Gasteiger partial charge in [0.2, 0.25) is 11.7 Å². The summed E-state index contributed by atoms with van der Waals surface area (Å²) in [4.78, 5) is 44.7. The molecule has 160 valence electrons. The van der Waals surface area contributed by atoms with Gasteiger partial charge in [0, 0.05) is 17.6 Å². The summed E-state index contributed by atoms with van der Waals surface area (Å²) in [6.07, 6.45) is 2.74. The maximum absolute atomic E-state index is 12.6. The van der Waals surface area contributed by atoms with Gasteiger partial charge in [-0.3, -0.25) is 24.6 Å². The summed E-state index contributed by atoms with van der Waals surface area (Å²) in [7, 11) is 0. The van der Waals surface area contributed by atoms with Gasteiger partial charge in [-0.2, -0.15) is 0 Å². The van der Waals surface area contributed by atoms with Crippen LogP contribution >= 0.6 is 0 Å². The maximum atomic E-state index is 12.6. The second kappa shape index (κ2) is 10.6. The quantitative estimate of drug-likeness (QED) is 0.266. The van der Waals surface area contributed by atoms with Crippen molar-refractivity contribution in [2.75, 3.05) is 17.8 Å². The van der Waals surface area contributed by atoms with E-state index in [-0.39, 0.29) is 25.5 Å². The average Bonchev–Trinajstić information content (AvgIpc) is 2.71. The van der Waals surface area contributed by atoms with Crippen molar-refractivity contribution in [1.29, 1.82) is 0 Å². The van der Waals surface area contributed by atoms with Crippen LogP contribution < -0.4 is 27.5 Å². The highest BCUT2D eigenvalue weighted by Gasteiger charge is 2.13. The van der Waals surface area contributed by atoms with E-state index in [1.165, 1.54) is 10.8 Å². The Morgan fingerprint density at radius 2 is 2.10 bits per heavy atom. The summed E-state index contributed by atoms with van der Waals surface area (Å²) in [5, 5.41) is 2.69. The molecule has 2 rings (SSSR count). The first-order valence-electron chi connectivity index (χ1n) is 9.16. The minimum absolute atomic E-state index is 0.133. The number of carbonyl (C=O) groups is 2. The molecule has 0 saturated carbocycles. The second-order valence-corrected chi connectivity index (χ2v) is 6.37. The standard InChI is InChI=1S/C19H25N7O4/c1-4-5-8-30-19(29)25-24-17-18(28)26(13(3)9-22-17)11-16(27)21-10-15-14(20)7-6-12(2)23-15/h4,6-7,9H,1,5,8,10-11,20H2,2-3H3,(H,21,27)(H,22,24)(H,25,29). The predicted octanol–water partition coefficient (Wildman–Crippen LogP) is 0.783. The van der Waals surface area contributed by atoms with Gasteiger partial charge in [-0.25, -0.2) is 15.2 Å². The number of nitrogens with two attached hydrogens (primary N) is 1. The smallest absolute Gasteiger partial charge is 0.426 e. The number of nitrogen functional groups attached to an aromatic ring is 1. The molecule has 0 spiro atoms. The molecular weight excluding hydrogens is 390 g/mol. The molecule has 5 N–H and O–H groups in total. The number of aromatic nitrogens is 3. The van der Waals surface area contributed by atoms with E-state index < -0.39 is 17.6 Å². The molecule has 0 aliphatic rings. The van der Waals surface area contributed by atoms with Gasteiger partial charge in [0.25, 0.3) is 5.56 Å². The Morgan fingerprint density at radius 1 is 1.33 bits per heavy atom. The van der Waals surface area contributed by atoms with E-state index in [4.69, 9.17) is 10.5 Å². The van der Waals surface area contributed by atoms with Crippen molar-refractivity contribution in [3.63, 3.8) is 0 Å². The number of rotatable bonds is 9. The van der Waals surface area contributed by atoms with E-state index in [0.717, 1.165) is 5.69 Å². The fraction of sp³-hybridized carbons (Fsp3) is 0.316. The molecule has 2 aromatic rings. The molecule has 11 nitrogen and oxygen atoms in total. The number of pyridine rings is 1. The van der Waals surface area contributed by atoms with Crippen LogP contribution in [-0.4, -0.2) is 33.1 Å². The van der Waals surface area contributed by atoms with E-state index >= 15 is 0 Å². The fourth-order valence-electron chi connectivity index (χ4n) is 2.38. The maximum Gasteiger partial charge on any atom is 0.426 e. The van der Waals surface area contributed by atoms with Crippen LogP contribution in [0, 0.1) is 13.8 Å². The van der Waals surface area contributed by atoms with Crippen LogP contribution in [0.4, 0.5) is 16.3 Å². The minimum atomic E-state index is -0.772. The zero-order valence-corrected chi connectivity index (χ0v) is 16.9. The van der Waals surface area contributed by atoms with Crippen molar-refractivity contribution >= 4 is 23.5 Å². The molecule has 0 aliphatic carbocycles. The zero-order valence-electron chi connectivity index (χ0n) is 16.9. The monoisotopic (exact) mass is 415 g/mol. The van der Waals surface area contributed by atoms with E-state index in [2.05, 4.69) is 32.7 Å². The average molecular weight is 415 g/mol. The lowest BCUT2D eigenvalue weighted by atomic mass is 10.2. The van der Waals surface area contributed by atoms with E-state index in [1.807, 2.05) is 6.92 Å². The summed E-state index contributed by atoms with van der Waals surface area (Å²) in [6, 6.07) is 3.49. The van der Waals surface area contributed by atoms with E-state index in [1.54, 1.807) is 25.1 Å². The molecule has 0 radical (unpaired) electrons. The van der Waals surface area contributed by atoms with Gasteiger partial charge in [0.15, 0.2) is 0 Å². The molecule has 0 fully saturated rings. The van der Waals surface area contributed by atoms with Crippen LogP contribution in [0.25, 0.3) is 0 Å². The van der Waals surface area contributed by atoms with E-state index in [0.29, 0.717) is 23.5 Å². The normalized spacial score (nSPS) is 10.2. The summed E-state index contributed by atoms with van der Waals surface area (Å²) < 4.78 is 6.08. The Morgan fingerprint density at radius 3 is 2.83 bits per heavy atom. The van der Waals surface area contributed by atoms with Crippen molar-refractivity contribution in [2.45, 2.75) is 33.4 Å². The number of aryl methyl sites for hydroxylation is 2. The molecule has 0 unspecified atom stereocenters. The highest BCUT2D eigenvalue weighted by Crippen LogP contribution is 2.09. The second-order valence-electron chi connectivity index (χ2n) is 6.37. The summed E-state index contributed by atoms with van der Waals surface area (Å²) >= 11 is 0. The third kappa shape index (κ3) is 6.33. The number of amides is 2. The number of carbonyl (C=O) groups excluding carboxylic acids is 2. The fourth-order valence-corrected chi connectivity index (χ4v) is 2.38. The molecule has 0 atom stereocenters. The molecule has 2 aromatic heterocycles. The number of anilines is 2. The molecule has 0 bridgehead atoms. The van der Waals surface area contributed by atoms with Crippen molar-refractivity contribution in [3.8, 4) is 0 Å². The van der Waals surface area contributed by atoms with Crippen LogP contribution in [-0.2, 0) is 22.6 Å². The third-order valence-electron chi connectivity index (χ3n) is 4.00. The predicted molar refractivity (Wildman–Crippen MR) is 111 cm³/mol. The summed E-state index contributed by atoms with van der Waals surface area (Å²) in [6.45, 7) is 7.03. The van der Waals surface area contributed by atoms with Gasteiger partial charge in [0.1, 0.15) is 6.54 Å². The van der Waals surface area contributed by atoms with Crippen molar-refractivity contribution in [3.05, 3.63) is 58.4 Å². The Hall–Kier alpha value is -3.89. The largest absolute Gasteiger partial charge is 0.448 e. The number of hydrogen-bond donors (Lipinski definition) is 4. The molecule has 0 aliphatic heterocycles. The molecule has 0 saturated heterocycles. The lowest BCUT2D eigenvalue weighted by Crippen LogP contribution is -2.38. The van der Waals surface area contributed by atoms with Crippen LogP contribution in [0.1, 0.15) is 23.5 Å².